The van der Waals surface area contributed by atoms with Crippen molar-refractivity contribution in [2.24, 2.45) is 5.92 Å². The summed E-state index contributed by atoms with van der Waals surface area (Å²) in [5.74, 6) is 1.73. The van der Waals surface area contributed by atoms with Gasteiger partial charge in [0.1, 0.15) is 5.82 Å². The molecule has 1 unspecified atom stereocenters. The van der Waals surface area contributed by atoms with Gasteiger partial charge >= 0.3 is 0 Å². The molecule has 1 atom stereocenters. The van der Waals surface area contributed by atoms with E-state index in [1.54, 1.807) is 7.11 Å². The zero-order valence-corrected chi connectivity index (χ0v) is 9.36. The third kappa shape index (κ3) is 2.93. The average Bonchev–Trinajstić information content (AvgIpc) is 3.00. The Kier molecular flexibility index (Phi) is 3.21. The lowest BCUT2D eigenvalue weighted by Crippen LogP contribution is -2.27. The van der Waals surface area contributed by atoms with Crippen LogP contribution in [-0.2, 0) is 4.74 Å². The summed E-state index contributed by atoms with van der Waals surface area (Å²) < 4.78 is 5.22. The normalized spacial score (nSPS) is 17.5. The van der Waals surface area contributed by atoms with Gasteiger partial charge in [0.15, 0.2) is 0 Å². The Hall–Kier alpha value is -1.09. The average molecular weight is 206 g/mol. The number of anilines is 1. The molecule has 2 rings (SSSR count). The quantitative estimate of drug-likeness (QED) is 0.802. The number of methoxy groups -OCH3 is 1. The maximum absolute atomic E-state index is 5.22. The fraction of sp³-hybridized carbons (Fsp3) is 0.583. The molecule has 1 aromatic heterocycles. The van der Waals surface area contributed by atoms with Gasteiger partial charge in [-0.3, -0.25) is 0 Å². The van der Waals surface area contributed by atoms with Crippen LogP contribution in [0.25, 0.3) is 0 Å². The molecule has 0 amide bonds. The van der Waals surface area contributed by atoms with Gasteiger partial charge in [-0.2, -0.15) is 0 Å². The molecule has 82 valence electrons. The highest BCUT2D eigenvalue weighted by molar-refractivity contribution is 5.38. The Bertz CT molecular complexity index is 323. The van der Waals surface area contributed by atoms with E-state index in [0.717, 1.165) is 18.3 Å². The van der Waals surface area contributed by atoms with Crippen molar-refractivity contribution >= 4 is 5.82 Å². The van der Waals surface area contributed by atoms with Crippen molar-refractivity contribution in [3.63, 3.8) is 0 Å². The molecule has 3 nitrogen and oxygen atoms in total. The van der Waals surface area contributed by atoms with E-state index in [0.29, 0.717) is 6.04 Å². The van der Waals surface area contributed by atoms with Gasteiger partial charge in [0.2, 0.25) is 0 Å². The van der Waals surface area contributed by atoms with Crippen molar-refractivity contribution in [2.45, 2.75) is 25.8 Å². The van der Waals surface area contributed by atoms with E-state index in [9.17, 15) is 0 Å². The number of nitrogens with zero attached hydrogens (tertiary/aromatic N) is 1. The Morgan fingerprint density at radius 1 is 1.60 bits per heavy atom. The molecule has 0 radical (unpaired) electrons. The Morgan fingerprint density at radius 2 is 2.40 bits per heavy atom. The maximum atomic E-state index is 5.22. The molecule has 1 aliphatic carbocycles. The molecule has 1 aromatic rings. The van der Waals surface area contributed by atoms with Gasteiger partial charge in [-0.25, -0.2) is 4.98 Å². The van der Waals surface area contributed by atoms with Gasteiger partial charge in [-0.15, -0.1) is 0 Å². The monoisotopic (exact) mass is 206 g/mol. The summed E-state index contributed by atoms with van der Waals surface area (Å²) in [6.45, 7) is 2.84. The highest BCUT2D eigenvalue weighted by Gasteiger charge is 2.31. The number of hydrogen-bond donors (Lipinski definition) is 1. The summed E-state index contributed by atoms with van der Waals surface area (Å²) in [7, 11) is 1.75. The molecule has 0 saturated heterocycles. The number of rotatable bonds is 5. The van der Waals surface area contributed by atoms with E-state index in [-0.39, 0.29) is 0 Å². The third-order valence-corrected chi connectivity index (χ3v) is 2.79. The topological polar surface area (TPSA) is 34.1 Å². The van der Waals surface area contributed by atoms with E-state index in [1.807, 2.05) is 12.3 Å². The van der Waals surface area contributed by atoms with E-state index in [1.165, 1.54) is 18.4 Å². The van der Waals surface area contributed by atoms with Crippen LogP contribution in [0.3, 0.4) is 0 Å². The van der Waals surface area contributed by atoms with Crippen LogP contribution in [-0.4, -0.2) is 24.7 Å². The fourth-order valence-electron chi connectivity index (χ4n) is 1.78. The molecule has 0 bridgehead atoms. The lowest BCUT2D eigenvalue weighted by Gasteiger charge is -2.17. The predicted octanol–water partition coefficient (Wildman–Crippen LogP) is 2.23. The summed E-state index contributed by atoms with van der Waals surface area (Å²) in [4.78, 5) is 4.31. The van der Waals surface area contributed by atoms with Crippen LogP contribution in [0.1, 0.15) is 18.4 Å². The lowest BCUT2D eigenvalue weighted by atomic mass is 10.2. The van der Waals surface area contributed by atoms with Gasteiger partial charge in [0, 0.05) is 13.3 Å². The minimum absolute atomic E-state index is 0.421. The fourth-order valence-corrected chi connectivity index (χ4v) is 1.78. The van der Waals surface area contributed by atoms with Crippen molar-refractivity contribution in [1.82, 2.24) is 4.98 Å². The van der Waals surface area contributed by atoms with Gasteiger partial charge < -0.3 is 10.1 Å². The zero-order valence-electron chi connectivity index (χ0n) is 9.36. The molecule has 1 aliphatic rings. The van der Waals surface area contributed by atoms with Crippen molar-refractivity contribution in [3.05, 3.63) is 23.9 Å². The molecule has 15 heavy (non-hydrogen) atoms. The molecular formula is C12H18N2O. The summed E-state index contributed by atoms with van der Waals surface area (Å²) in [6.07, 6.45) is 4.47. The third-order valence-electron chi connectivity index (χ3n) is 2.79. The van der Waals surface area contributed by atoms with E-state index >= 15 is 0 Å². The van der Waals surface area contributed by atoms with Crippen molar-refractivity contribution in [3.8, 4) is 0 Å². The lowest BCUT2D eigenvalue weighted by molar-refractivity contribution is 0.179. The molecule has 3 heteroatoms. The molecule has 1 N–H and O–H groups in total. The van der Waals surface area contributed by atoms with E-state index < -0.39 is 0 Å². The van der Waals surface area contributed by atoms with Gasteiger partial charge in [0.25, 0.3) is 0 Å². The summed E-state index contributed by atoms with van der Waals surface area (Å²) in [5, 5.41) is 3.45. The van der Waals surface area contributed by atoms with Gasteiger partial charge in [-0.05, 0) is 43.4 Å². The number of hydrogen-bond acceptors (Lipinski definition) is 3. The molecule has 1 heterocycles. The summed E-state index contributed by atoms with van der Waals surface area (Å²) in [6, 6.07) is 4.50. The largest absolute Gasteiger partial charge is 0.383 e. The first-order chi connectivity index (χ1) is 7.29. The summed E-state index contributed by atoms with van der Waals surface area (Å²) in [5.41, 5.74) is 1.24. The second-order valence-corrected chi connectivity index (χ2v) is 4.26. The summed E-state index contributed by atoms with van der Waals surface area (Å²) >= 11 is 0. The second-order valence-electron chi connectivity index (χ2n) is 4.26. The van der Waals surface area contributed by atoms with Crippen LogP contribution >= 0.6 is 0 Å². The number of ether oxygens (including phenoxy) is 1. The van der Waals surface area contributed by atoms with Crippen LogP contribution < -0.4 is 5.32 Å². The first-order valence-corrected chi connectivity index (χ1v) is 5.47. The van der Waals surface area contributed by atoms with Gasteiger partial charge in [0.05, 0.1) is 12.6 Å². The standard InChI is InChI=1S/C12H18N2O/c1-9-5-6-13-12(7-9)14-11(8-15-2)10-3-4-10/h5-7,10-11H,3-4,8H2,1-2H3,(H,13,14). The number of aryl methyl sites for hydroxylation is 1. The smallest absolute Gasteiger partial charge is 0.126 e. The Labute approximate surface area is 90.9 Å². The van der Waals surface area contributed by atoms with Crippen LogP contribution in [0.15, 0.2) is 18.3 Å². The van der Waals surface area contributed by atoms with Gasteiger partial charge in [-0.1, -0.05) is 0 Å². The van der Waals surface area contributed by atoms with E-state index in [2.05, 4.69) is 23.3 Å². The molecule has 0 aromatic carbocycles. The molecule has 0 aliphatic heterocycles. The minimum atomic E-state index is 0.421. The second kappa shape index (κ2) is 4.62. The molecule has 1 fully saturated rings. The molecule has 0 spiro atoms. The predicted molar refractivity (Wildman–Crippen MR) is 61.0 cm³/mol. The first-order valence-electron chi connectivity index (χ1n) is 5.47. The van der Waals surface area contributed by atoms with Crippen LogP contribution in [0.2, 0.25) is 0 Å². The van der Waals surface area contributed by atoms with Crippen LogP contribution in [0.4, 0.5) is 5.82 Å². The van der Waals surface area contributed by atoms with Crippen LogP contribution in [0.5, 0.6) is 0 Å². The van der Waals surface area contributed by atoms with E-state index in [4.69, 9.17) is 4.74 Å². The number of nitrogens with one attached hydrogen (secondary N) is 1. The highest BCUT2D eigenvalue weighted by Crippen LogP contribution is 2.34. The number of aromatic nitrogens is 1. The first kappa shape index (κ1) is 10.4. The number of pyridine rings is 1. The molecule has 1 saturated carbocycles. The van der Waals surface area contributed by atoms with Crippen molar-refractivity contribution in [1.29, 1.82) is 0 Å². The van der Waals surface area contributed by atoms with Crippen molar-refractivity contribution in [2.75, 3.05) is 19.0 Å². The SMILES string of the molecule is COCC(Nc1cc(C)ccn1)C1CC1. The maximum Gasteiger partial charge on any atom is 0.126 e. The van der Waals surface area contributed by atoms with Crippen LogP contribution in [0, 0.1) is 12.8 Å². The highest BCUT2D eigenvalue weighted by atomic mass is 16.5. The van der Waals surface area contributed by atoms with Crippen molar-refractivity contribution < 1.29 is 4.74 Å². The minimum Gasteiger partial charge on any atom is -0.383 e. The zero-order chi connectivity index (χ0) is 10.7. The Morgan fingerprint density at radius 3 is 3.00 bits per heavy atom. The Balaban J connectivity index is 1.98. The molecular weight excluding hydrogens is 188 g/mol.